The van der Waals surface area contributed by atoms with Crippen LogP contribution in [0.25, 0.3) is 0 Å². The van der Waals surface area contributed by atoms with E-state index < -0.39 is 32.6 Å². The van der Waals surface area contributed by atoms with Crippen LogP contribution >= 0.6 is 0 Å². The summed E-state index contributed by atoms with van der Waals surface area (Å²) in [6, 6.07) is 2.79. The number of halogens is 1. The first-order chi connectivity index (χ1) is 13.2. The van der Waals surface area contributed by atoms with E-state index >= 15 is 0 Å². The maximum absolute atomic E-state index is 14.0. The van der Waals surface area contributed by atoms with Gasteiger partial charge in [0.2, 0.25) is 5.09 Å². The van der Waals surface area contributed by atoms with E-state index in [2.05, 4.69) is 5.32 Å². The normalized spacial score (nSPS) is 12.5. The molecule has 1 aromatic carbocycles. The van der Waals surface area contributed by atoms with Crippen LogP contribution in [0.1, 0.15) is 70.1 Å². The van der Waals surface area contributed by atoms with E-state index in [9.17, 15) is 22.7 Å². The minimum Gasteiger partial charge on any atom is -0.451 e. The summed E-state index contributed by atoms with van der Waals surface area (Å²) in [5.74, 6) is -0.630. The number of benzene rings is 1. The first kappa shape index (κ1) is 22.9. The smallest absolute Gasteiger partial charge is 0.333 e. The zero-order valence-electron chi connectivity index (χ0n) is 17.3. The fourth-order valence-electron chi connectivity index (χ4n) is 2.79. The minimum absolute atomic E-state index is 0.102. The first-order valence-electron chi connectivity index (χ1n) is 9.21. The molecule has 0 saturated carbocycles. The van der Waals surface area contributed by atoms with Crippen molar-refractivity contribution < 1.29 is 27.1 Å². The molecular weight excluding hydrogens is 399 g/mol. The highest BCUT2D eigenvalue weighted by atomic mass is 32.2. The third-order valence-corrected chi connectivity index (χ3v) is 5.62. The molecule has 3 N–H and O–H groups in total. The molecule has 0 atom stereocenters. The largest absolute Gasteiger partial charge is 0.451 e. The Labute approximate surface area is 170 Å². The van der Waals surface area contributed by atoms with Crippen molar-refractivity contribution in [2.75, 3.05) is 5.32 Å². The van der Waals surface area contributed by atoms with Crippen molar-refractivity contribution in [3.8, 4) is 0 Å². The zero-order chi connectivity index (χ0) is 22.1. The number of urea groups is 1. The molecule has 2 aromatic rings. The molecule has 2 amide bonds. The Bertz CT molecular complexity index is 975. The number of nitrogens with one attached hydrogen (secondary N) is 2. The topological polar surface area (TPSA) is 109 Å². The van der Waals surface area contributed by atoms with E-state index in [4.69, 9.17) is 4.42 Å². The maximum Gasteiger partial charge on any atom is 0.333 e. The minimum atomic E-state index is -4.31. The summed E-state index contributed by atoms with van der Waals surface area (Å²) in [4.78, 5) is 12.5. The molecule has 160 valence electrons. The molecule has 29 heavy (non-hydrogen) atoms. The Balaban J connectivity index is 2.32. The number of hydrogen-bond acceptors (Lipinski definition) is 5. The van der Waals surface area contributed by atoms with E-state index in [-0.39, 0.29) is 17.4 Å². The average Bonchev–Trinajstić information content (AvgIpc) is 3.06. The molecule has 0 aliphatic rings. The molecule has 0 saturated heterocycles. The van der Waals surface area contributed by atoms with Crippen molar-refractivity contribution in [1.82, 2.24) is 4.72 Å². The number of furan rings is 1. The Morgan fingerprint density at radius 1 is 1.10 bits per heavy atom. The number of carbonyl (C=O) groups is 1. The molecule has 0 radical (unpaired) electrons. The molecule has 0 aliphatic carbocycles. The first-order valence-corrected chi connectivity index (χ1v) is 10.7. The van der Waals surface area contributed by atoms with Crippen molar-refractivity contribution in [1.29, 1.82) is 0 Å². The quantitative estimate of drug-likeness (QED) is 0.634. The molecule has 9 heteroatoms. The average molecular weight is 427 g/mol. The van der Waals surface area contributed by atoms with Gasteiger partial charge in [0.25, 0.3) is 10.0 Å². The second kappa shape index (κ2) is 8.16. The van der Waals surface area contributed by atoms with Crippen LogP contribution < -0.4 is 10.0 Å². The summed E-state index contributed by atoms with van der Waals surface area (Å²) in [7, 11) is -4.31. The Morgan fingerprint density at radius 3 is 2.03 bits per heavy atom. The molecular formula is C20H27FN2O5S. The van der Waals surface area contributed by atoms with Gasteiger partial charge in [-0.15, -0.1) is 0 Å². The van der Waals surface area contributed by atoms with Gasteiger partial charge >= 0.3 is 6.03 Å². The summed E-state index contributed by atoms with van der Waals surface area (Å²) in [5.41, 5.74) is 0.445. The standard InChI is InChI=1S/C20H27FN2O5S/c1-11(2)15-8-14(21)9-16(12(3)4)18(15)22-19(24)23-29(26,27)17-7-13(10-28-17)20(5,6)25/h7-12,25H,1-6H3,(H2,22,23,24). The maximum atomic E-state index is 14.0. The van der Waals surface area contributed by atoms with Crippen molar-refractivity contribution in [2.24, 2.45) is 0 Å². The number of carbonyl (C=O) groups excluding carboxylic acids is 1. The van der Waals surface area contributed by atoms with Gasteiger partial charge in [0, 0.05) is 17.3 Å². The fourth-order valence-corrected chi connectivity index (χ4v) is 3.65. The van der Waals surface area contributed by atoms with Gasteiger partial charge in [-0.1, -0.05) is 27.7 Å². The van der Waals surface area contributed by atoms with Crippen molar-refractivity contribution >= 4 is 21.7 Å². The van der Waals surface area contributed by atoms with E-state index in [1.807, 2.05) is 32.4 Å². The zero-order valence-corrected chi connectivity index (χ0v) is 18.1. The summed E-state index contributed by atoms with van der Waals surface area (Å²) in [6.07, 6.45) is 1.11. The molecule has 2 rings (SSSR count). The van der Waals surface area contributed by atoms with Crippen LogP contribution in [0, 0.1) is 5.82 Å². The van der Waals surface area contributed by atoms with Crippen LogP contribution in [0.15, 0.2) is 34.0 Å². The van der Waals surface area contributed by atoms with Crippen molar-refractivity contribution in [3.05, 3.63) is 47.0 Å². The molecule has 7 nitrogen and oxygen atoms in total. The highest BCUT2D eigenvalue weighted by Crippen LogP contribution is 2.33. The predicted molar refractivity (Wildman–Crippen MR) is 108 cm³/mol. The highest BCUT2D eigenvalue weighted by Gasteiger charge is 2.27. The van der Waals surface area contributed by atoms with Gasteiger partial charge in [-0.25, -0.2) is 13.9 Å². The molecule has 0 unspecified atom stereocenters. The number of amides is 2. The monoisotopic (exact) mass is 426 g/mol. The second-order valence-electron chi connectivity index (χ2n) is 8.04. The number of anilines is 1. The van der Waals surface area contributed by atoms with Gasteiger partial charge < -0.3 is 14.8 Å². The van der Waals surface area contributed by atoms with Gasteiger partial charge in [-0.2, -0.15) is 8.42 Å². The van der Waals surface area contributed by atoms with E-state index in [0.29, 0.717) is 16.8 Å². The van der Waals surface area contributed by atoms with Gasteiger partial charge in [-0.3, -0.25) is 0 Å². The second-order valence-corrected chi connectivity index (χ2v) is 9.66. The van der Waals surface area contributed by atoms with Crippen molar-refractivity contribution in [3.63, 3.8) is 0 Å². The van der Waals surface area contributed by atoms with Gasteiger partial charge in [0.05, 0.1) is 11.9 Å². The van der Waals surface area contributed by atoms with Crippen molar-refractivity contribution in [2.45, 2.75) is 64.1 Å². The number of hydrogen-bond donors (Lipinski definition) is 3. The summed E-state index contributed by atoms with van der Waals surface area (Å²) < 4.78 is 45.8. The SMILES string of the molecule is CC(C)c1cc(F)cc(C(C)C)c1NC(=O)NS(=O)(=O)c1cc(C(C)(C)O)co1. The van der Waals surface area contributed by atoms with Gasteiger partial charge in [0.15, 0.2) is 0 Å². The van der Waals surface area contributed by atoms with E-state index in [1.165, 1.54) is 26.0 Å². The number of aliphatic hydroxyl groups is 1. The molecule has 0 bridgehead atoms. The van der Waals surface area contributed by atoms with Gasteiger partial charge in [0.1, 0.15) is 5.82 Å². The molecule has 0 spiro atoms. The number of sulfonamides is 1. The van der Waals surface area contributed by atoms with Crippen LogP contribution in [0.3, 0.4) is 0 Å². The van der Waals surface area contributed by atoms with Gasteiger partial charge in [-0.05, 0) is 48.9 Å². The summed E-state index contributed by atoms with van der Waals surface area (Å²) in [6.45, 7) is 10.3. The van der Waals surface area contributed by atoms with Crippen LogP contribution in [0.5, 0.6) is 0 Å². The Hall–Kier alpha value is -2.39. The third-order valence-electron chi connectivity index (χ3n) is 4.42. The van der Waals surface area contributed by atoms with Crippen LogP contribution in [-0.2, 0) is 15.6 Å². The Kier molecular flexibility index (Phi) is 6.44. The lowest BCUT2D eigenvalue weighted by Gasteiger charge is -2.20. The third kappa shape index (κ3) is 5.36. The molecule has 0 aliphatic heterocycles. The van der Waals surface area contributed by atoms with E-state index in [0.717, 1.165) is 12.3 Å². The number of rotatable bonds is 6. The lowest BCUT2D eigenvalue weighted by Crippen LogP contribution is -2.35. The molecule has 1 heterocycles. The van der Waals surface area contributed by atoms with E-state index in [1.54, 1.807) is 0 Å². The molecule has 0 fully saturated rings. The van der Waals surface area contributed by atoms with Crippen LogP contribution in [-0.4, -0.2) is 19.6 Å². The molecule has 1 aromatic heterocycles. The highest BCUT2D eigenvalue weighted by molar-refractivity contribution is 7.89. The predicted octanol–water partition coefficient (Wildman–Crippen LogP) is 4.40. The Morgan fingerprint density at radius 2 is 1.62 bits per heavy atom. The van der Waals surface area contributed by atoms with Crippen LogP contribution in [0.4, 0.5) is 14.9 Å². The lowest BCUT2D eigenvalue weighted by atomic mass is 9.92. The fraction of sp³-hybridized carbons (Fsp3) is 0.450. The van der Waals surface area contributed by atoms with Crippen LogP contribution in [0.2, 0.25) is 0 Å². The summed E-state index contributed by atoms with van der Waals surface area (Å²) >= 11 is 0. The summed E-state index contributed by atoms with van der Waals surface area (Å²) in [5, 5.41) is 12.0. The lowest BCUT2D eigenvalue weighted by molar-refractivity contribution is 0.0779.